The quantitative estimate of drug-likeness (QED) is 0.799. The molecule has 0 aliphatic heterocycles. The molecular weight excluding hydrogens is 251 g/mol. The number of hydrogen-bond donors (Lipinski definition) is 2. The van der Waals surface area contributed by atoms with E-state index in [0.29, 0.717) is 12.8 Å². The summed E-state index contributed by atoms with van der Waals surface area (Å²) < 4.78 is 12.9. The highest BCUT2D eigenvalue weighted by atomic mass is 35.5. The van der Waals surface area contributed by atoms with Crippen molar-refractivity contribution in [3.63, 3.8) is 0 Å². The molecule has 1 aromatic rings. The van der Waals surface area contributed by atoms with Crippen molar-refractivity contribution in [2.45, 2.75) is 18.4 Å². The molecular formula is C10H8ClFN2O3. The van der Waals surface area contributed by atoms with Crippen molar-refractivity contribution in [3.8, 4) is 0 Å². The maximum atomic E-state index is 12.9. The van der Waals surface area contributed by atoms with Crippen molar-refractivity contribution in [1.82, 2.24) is 10.3 Å². The molecule has 5 nitrogen and oxygen atoms in total. The second kappa shape index (κ2) is 3.96. The fourth-order valence-electron chi connectivity index (χ4n) is 1.38. The highest BCUT2D eigenvalue weighted by Gasteiger charge is 2.51. The molecule has 90 valence electrons. The van der Waals surface area contributed by atoms with E-state index in [0.717, 1.165) is 12.3 Å². The summed E-state index contributed by atoms with van der Waals surface area (Å²) in [6.07, 6.45) is 1.59. The monoisotopic (exact) mass is 258 g/mol. The van der Waals surface area contributed by atoms with Crippen molar-refractivity contribution in [2.75, 3.05) is 0 Å². The van der Waals surface area contributed by atoms with E-state index in [1.54, 1.807) is 0 Å². The number of aliphatic carboxylic acids is 1. The number of hydrogen-bond acceptors (Lipinski definition) is 3. The van der Waals surface area contributed by atoms with Gasteiger partial charge >= 0.3 is 5.97 Å². The SMILES string of the molecule is O=C(NC1(C(=O)O)CC1)c1cc(F)cnc1Cl. The lowest BCUT2D eigenvalue weighted by atomic mass is 10.2. The normalized spacial score (nSPS) is 16.4. The number of aromatic nitrogens is 1. The van der Waals surface area contributed by atoms with Gasteiger partial charge in [-0.05, 0) is 18.9 Å². The number of pyridine rings is 1. The number of rotatable bonds is 3. The Kier molecular flexibility index (Phi) is 2.74. The molecule has 1 amide bonds. The molecule has 2 N–H and O–H groups in total. The van der Waals surface area contributed by atoms with E-state index in [1.807, 2.05) is 0 Å². The van der Waals surface area contributed by atoms with Gasteiger partial charge in [0.15, 0.2) is 0 Å². The van der Waals surface area contributed by atoms with E-state index in [1.165, 1.54) is 0 Å². The minimum absolute atomic E-state index is 0.162. The van der Waals surface area contributed by atoms with Gasteiger partial charge in [-0.15, -0.1) is 0 Å². The van der Waals surface area contributed by atoms with Gasteiger partial charge < -0.3 is 10.4 Å². The molecule has 0 saturated heterocycles. The number of carboxylic acid groups (broad SMARTS) is 1. The molecule has 0 aromatic carbocycles. The lowest BCUT2D eigenvalue weighted by Gasteiger charge is -2.12. The second-order valence-electron chi connectivity index (χ2n) is 3.83. The molecule has 0 atom stereocenters. The standard InChI is InChI=1S/C10H8ClFN2O3/c11-7-6(3-5(12)4-13-7)8(15)14-10(1-2-10)9(16)17/h3-4H,1-2H2,(H,14,15)(H,16,17). The molecule has 1 aliphatic carbocycles. The fraction of sp³-hybridized carbons (Fsp3) is 0.300. The zero-order valence-corrected chi connectivity index (χ0v) is 9.29. The maximum Gasteiger partial charge on any atom is 0.329 e. The highest BCUT2D eigenvalue weighted by Crippen LogP contribution is 2.36. The van der Waals surface area contributed by atoms with Crippen molar-refractivity contribution >= 4 is 23.5 Å². The minimum Gasteiger partial charge on any atom is -0.480 e. The number of carbonyl (C=O) groups is 2. The third-order valence-corrected chi connectivity index (χ3v) is 2.86. The largest absolute Gasteiger partial charge is 0.480 e. The predicted octanol–water partition coefficient (Wildman–Crippen LogP) is 1.22. The summed E-state index contributed by atoms with van der Waals surface area (Å²) in [6, 6.07) is 0.919. The Hall–Kier alpha value is -1.69. The van der Waals surface area contributed by atoms with Crippen LogP contribution in [0.2, 0.25) is 5.15 Å². The third-order valence-electron chi connectivity index (χ3n) is 2.56. The van der Waals surface area contributed by atoms with E-state index in [9.17, 15) is 14.0 Å². The van der Waals surface area contributed by atoms with Gasteiger partial charge in [-0.25, -0.2) is 14.2 Å². The number of amides is 1. The Labute approximate surface area is 101 Å². The van der Waals surface area contributed by atoms with Gasteiger partial charge in [0.2, 0.25) is 0 Å². The van der Waals surface area contributed by atoms with E-state index < -0.39 is 23.2 Å². The molecule has 1 aliphatic rings. The number of halogens is 2. The Morgan fingerprint density at radius 1 is 1.53 bits per heavy atom. The fourth-order valence-corrected chi connectivity index (χ4v) is 1.57. The van der Waals surface area contributed by atoms with Crippen molar-refractivity contribution in [2.24, 2.45) is 0 Å². The van der Waals surface area contributed by atoms with E-state index in [2.05, 4.69) is 10.3 Å². The van der Waals surface area contributed by atoms with Crippen LogP contribution >= 0.6 is 11.6 Å². The van der Waals surface area contributed by atoms with Gasteiger partial charge in [-0.1, -0.05) is 11.6 Å². The van der Waals surface area contributed by atoms with Gasteiger partial charge in [-0.2, -0.15) is 0 Å². The van der Waals surface area contributed by atoms with Crippen LogP contribution in [0, 0.1) is 5.82 Å². The minimum atomic E-state index is -1.23. The van der Waals surface area contributed by atoms with Crippen LogP contribution < -0.4 is 5.32 Å². The van der Waals surface area contributed by atoms with Crippen LogP contribution in [0.1, 0.15) is 23.2 Å². The van der Waals surface area contributed by atoms with Crippen molar-refractivity contribution < 1.29 is 19.1 Å². The Balaban J connectivity index is 2.21. The summed E-state index contributed by atoms with van der Waals surface area (Å²) in [5, 5.41) is 11.0. The van der Waals surface area contributed by atoms with Crippen LogP contribution in [-0.2, 0) is 4.79 Å². The Bertz CT molecular complexity index is 502. The summed E-state index contributed by atoms with van der Waals surface area (Å²) in [5.74, 6) is -2.55. The first kappa shape index (κ1) is 11.8. The molecule has 0 radical (unpaired) electrons. The summed E-state index contributed by atoms with van der Waals surface area (Å²) in [7, 11) is 0. The smallest absolute Gasteiger partial charge is 0.329 e. The highest BCUT2D eigenvalue weighted by molar-refractivity contribution is 6.32. The van der Waals surface area contributed by atoms with Crippen LogP contribution in [0.3, 0.4) is 0 Å². The number of nitrogens with one attached hydrogen (secondary N) is 1. The van der Waals surface area contributed by atoms with Gasteiger partial charge in [-0.3, -0.25) is 4.79 Å². The van der Waals surface area contributed by atoms with Crippen LogP contribution in [-0.4, -0.2) is 27.5 Å². The van der Waals surface area contributed by atoms with Crippen LogP contribution in [0.4, 0.5) is 4.39 Å². The molecule has 0 spiro atoms. The molecule has 7 heteroatoms. The van der Waals surface area contributed by atoms with E-state index >= 15 is 0 Å². The van der Waals surface area contributed by atoms with Crippen LogP contribution in [0.15, 0.2) is 12.3 Å². The summed E-state index contributed by atoms with van der Waals surface area (Å²) in [6.45, 7) is 0. The molecule has 1 aromatic heterocycles. The molecule has 1 heterocycles. The van der Waals surface area contributed by atoms with Crippen LogP contribution in [0.5, 0.6) is 0 Å². The molecule has 0 unspecified atom stereocenters. The molecule has 1 saturated carbocycles. The molecule has 17 heavy (non-hydrogen) atoms. The Morgan fingerprint density at radius 2 is 2.18 bits per heavy atom. The first-order valence-electron chi connectivity index (χ1n) is 4.81. The summed E-state index contributed by atoms with van der Waals surface area (Å²) in [5.41, 5.74) is -1.40. The van der Waals surface area contributed by atoms with Crippen LogP contribution in [0.25, 0.3) is 0 Å². The molecule has 2 rings (SSSR count). The third kappa shape index (κ3) is 2.21. The summed E-state index contributed by atoms with van der Waals surface area (Å²) in [4.78, 5) is 26.1. The average Bonchev–Trinajstić information content (AvgIpc) is 3.02. The zero-order chi connectivity index (χ0) is 12.6. The number of carbonyl (C=O) groups excluding carboxylic acids is 1. The van der Waals surface area contributed by atoms with Gasteiger partial charge in [0, 0.05) is 0 Å². The average molecular weight is 259 g/mol. The van der Waals surface area contributed by atoms with Crippen molar-refractivity contribution in [3.05, 3.63) is 28.8 Å². The zero-order valence-electron chi connectivity index (χ0n) is 8.54. The van der Waals surface area contributed by atoms with Crippen molar-refractivity contribution in [1.29, 1.82) is 0 Å². The lowest BCUT2D eigenvalue weighted by Crippen LogP contribution is -2.43. The number of carboxylic acids is 1. The number of nitrogens with zero attached hydrogens (tertiary/aromatic N) is 1. The van der Waals surface area contributed by atoms with E-state index in [-0.39, 0.29) is 10.7 Å². The van der Waals surface area contributed by atoms with Gasteiger partial charge in [0.25, 0.3) is 5.91 Å². The molecule has 1 fully saturated rings. The Morgan fingerprint density at radius 3 is 2.71 bits per heavy atom. The first-order valence-corrected chi connectivity index (χ1v) is 5.19. The maximum absolute atomic E-state index is 12.9. The van der Waals surface area contributed by atoms with Gasteiger partial charge in [0.1, 0.15) is 16.5 Å². The summed E-state index contributed by atoms with van der Waals surface area (Å²) >= 11 is 5.63. The topological polar surface area (TPSA) is 79.3 Å². The second-order valence-corrected chi connectivity index (χ2v) is 4.19. The molecule has 0 bridgehead atoms. The van der Waals surface area contributed by atoms with E-state index in [4.69, 9.17) is 16.7 Å². The lowest BCUT2D eigenvalue weighted by molar-refractivity contribution is -0.140. The first-order chi connectivity index (χ1) is 7.94. The van der Waals surface area contributed by atoms with Gasteiger partial charge in [0.05, 0.1) is 11.8 Å². The predicted molar refractivity (Wildman–Crippen MR) is 56.3 cm³/mol.